The van der Waals surface area contributed by atoms with Crippen LogP contribution in [0.1, 0.15) is 5.56 Å². The van der Waals surface area contributed by atoms with Gasteiger partial charge in [0.25, 0.3) is 0 Å². The molecule has 1 N–H and O–H groups in total. The number of rotatable bonds is 8. The second-order valence-corrected chi connectivity index (χ2v) is 6.76. The van der Waals surface area contributed by atoms with Gasteiger partial charge in [0.1, 0.15) is 28.8 Å². The molecule has 0 aliphatic heterocycles. The summed E-state index contributed by atoms with van der Waals surface area (Å²) in [5.41, 5.74) is 0.997. The van der Waals surface area contributed by atoms with E-state index in [0.29, 0.717) is 5.75 Å². The first-order valence-corrected chi connectivity index (χ1v) is 8.86. The molecule has 2 rings (SSSR count). The summed E-state index contributed by atoms with van der Waals surface area (Å²) in [6.45, 7) is 2.30. The maximum Gasteiger partial charge on any atom is 0.244 e. The Balaban J connectivity index is 2.00. The van der Waals surface area contributed by atoms with Crippen LogP contribution in [-0.2, 0) is 10.0 Å². The number of hydrogen-bond donors (Lipinski definition) is 1. The zero-order valence-electron chi connectivity index (χ0n) is 13.9. The lowest BCUT2D eigenvalue weighted by molar-refractivity contribution is 0.320. The third-order valence-corrected chi connectivity index (χ3v) is 4.91. The minimum Gasteiger partial charge on any atom is -0.497 e. The summed E-state index contributed by atoms with van der Waals surface area (Å²) >= 11 is 0. The van der Waals surface area contributed by atoms with E-state index in [1.54, 1.807) is 6.07 Å². The van der Waals surface area contributed by atoms with Crippen LogP contribution in [0.3, 0.4) is 0 Å². The second kappa shape index (κ2) is 8.03. The molecule has 6 nitrogen and oxygen atoms in total. The Morgan fingerprint density at radius 1 is 1.00 bits per heavy atom. The second-order valence-electron chi connectivity index (χ2n) is 5.03. The number of para-hydroxylation sites is 1. The van der Waals surface area contributed by atoms with Crippen LogP contribution in [0.15, 0.2) is 47.4 Å². The lowest BCUT2D eigenvalue weighted by Crippen LogP contribution is -2.28. The Morgan fingerprint density at radius 3 is 2.42 bits per heavy atom. The highest BCUT2D eigenvalue weighted by Crippen LogP contribution is 2.28. The molecule has 0 bridgehead atoms. The fourth-order valence-corrected chi connectivity index (χ4v) is 3.29. The van der Waals surface area contributed by atoms with Crippen molar-refractivity contribution in [1.82, 2.24) is 4.72 Å². The quantitative estimate of drug-likeness (QED) is 0.739. The van der Waals surface area contributed by atoms with E-state index in [9.17, 15) is 8.42 Å². The number of nitrogens with one attached hydrogen (secondary N) is 1. The van der Waals surface area contributed by atoms with Crippen molar-refractivity contribution in [3.63, 3.8) is 0 Å². The highest BCUT2D eigenvalue weighted by molar-refractivity contribution is 7.89. The molecular weight excluding hydrogens is 330 g/mol. The monoisotopic (exact) mass is 351 g/mol. The van der Waals surface area contributed by atoms with E-state index in [-0.39, 0.29) is 23.8 Å². The predicted octanol–water partition coefficient (Wildman–Crippen LogP) is 2.37. The topological polar surface area (TPSA) is 73.9 Å². The van der Waals surface area contributed by atoms with Crippen LogP contribution in [0.4, 0.5) is 0 Å². The number of aryl methyl sites for hydroxylation is 1. The minimum absolute atomic E-state index is 0.0571. The van der Waals surface area contributed by atoms with Gasteiger partial charge in [-0.25, -0.2) is 13.1 Å². The van der Waals surface area contributed by atoms with Crippen molar-refractivity contribution in [2.24, 2.45) is 0 Å². The van der Waals surface area contributed by atoms with Crippen LogP contribution in [0, 0.1) is 6.92 Å². The molecule has 0 saturated heterocycles. The van der Waals surface area contributed by atoms with Gasteiger partial charge in [-0.2, -0.15) is 0 Å². The van der Waals surface area contributed by atoms with E-state index in [0.717, 1.165) is 11.3 Å². The molecule has 0 atom stereocenters. The van der Waals surface area contributed by atoms with Gasteiger partial charge in [-0.15, -0.1) is 0 Å². The third kappa shape index (κ3) is 4.39. The van der Waals surface area contributed by atoms with Gasteiger partial charge in [-0.05, 0) is 30.7 Å². The molecule has 0 spiro atoms. The van der Waals surface area contributed by atoms with E-state index in [1.807, 2.05) is 31.2 Å². The largest absolute Gasteiger partial charge is 0.497 e. The molecule has 0 saturated carbocycles. The van der Waals surface area contributed by atoms with Gasteiger partial charge in [0.2, 0.25) is 10.0 Å². The molecule has 0 fully saturated rings. The Bertz CT molecular complexity index is 789. The number of sulfonamides is 1. The van der Waals surface area contributed by atoms with Gasteiger partial charge in [-0.1, -0.05) is 18.2 Å². The first kappa shape index (κ1) is 18.1. The maximum absolute atomic E-state index is 12.4. The molecular formula is C17H21NO5S. The fraction of sp³-hybridized carbons (Fsp3) is 0.294. The standard InChI is InChI=1S/C17H21NO5S/c1-13-6-4-5-7-15(13)23-11-10-18-24(19,20)17-9-8-14(21-2)12-16(17)22-3/h4-9,12,18H,10-11H2,1-3H3. The van der Waals surface area contributed by atoms with Crippen LogP contribution in [-0.4, -0.2) is 35.8 Å². The Hall–Kier alpha value is -2.25. The van der Waals surface area contributed by atoms with Crippen LogP contribution in [0.2, 0.25) is 0 Å². The van der Waals surface area contributed by atoms with Crippen molar-refractivity contribution in [3.05, 3.63) is 48.0 Å². The lowest BCUT2D eigenvalue weighted by Gasteiger charge is -2.13. The molecule has 0 amide bonds. The van der Waals surface area contributed by atoms with E-state index in [2.05, 4.69) is 4.72 Å². The highest BCUT2D eigenvalue weighted by Gasteiger charge is 2.19. The zero-order chi connectivity index (χ0) is 17.6. The average Bonchev–Trinajstić information content (AvgIpc) is 2.59. The molecule has 0 aliphatic carbocycles. The molecule has 130 valence electrons. The summed E-state index contributed by atoms with van der Waals surface area (Å²) in [6.07, 6.45) is 0. The molecule has 0 heterocycles. The zero-order valence-corrected chi connectivity index (χ0v) is 14.7. The summed E-state index contributed by atoms with van der Waals surface area (Å²) in [6, 6.07) is 12.1. The molecule has 0 radical (unpaired) electrons. The van der Waals surface area contributed by atoms with Crippen molar-refractivity contribution in [1.29, 1.82) is 0 Å². The van der Waals surface area contributed by atoms with Gasteiger partial charge in [0.15, 0.2) is 0 Å². The van der Waals surface area contributed by atoms with Crippen molar-refractivity contribution >= 4 is 10.0 Å². The smallest absolute Gasteiger partial charge is 0.244 e. The average molecular weight is 351 g/mol. The molecule has 2 aromatic carbocycles. The van der Waals surface area contributed by atoms with E-state index >= 15 is 0 Å². The van der Waals surface area contributed by atoms with E-state index in [4.69, 9.17) is 14.2 Å². The van der Waals surface area contributed by atoms with Gasteiger partial charge < -0.3 is 14.2 Å². The van der Waals surface area contributed by atoms with Gasteiger partial charge in [0, 0.05) is 12.6 Å². The van der Waals surface area contributed by atoms with Crippen LogP contribution in [0.5, 0.6) is 17.2 Å². The van der Waals surface area contributed by atoms with Gasteiger partial charge in [-0.3, -0.25) is 0 Å². The Kier molecular flexibility index (Phi) is 6.05. The number of ether oxygens (including phenoxy) is 3. The van der Waals surface area contributed by atoms with Gasteiger partial charge in [0.05, 0.1) is 14.2 Å². The summed E-state index contributed by atoms with van der Waals surface area (Å²) in [5, 5.41) is 0. The third-order valence-electron chi connectivity index (χ3n) is 3.41. The highest BCUT2D eigenvalue weighted by atomic mass is 32.2. The Labute approximate surface area is 142 Å². The molecule has 24 heavy (non-hydrogen) atoms. The predicted molar refractivity (Wildman–Crippen MR) is 91.4 cm³/mol. The number of hydrogen-bond acceptors (Lipinski definition) is 5. The molecule has 0 aromatic heterocycles. The number of methoxy groups -OCH3 is 2. The van der Waals surface area contributed by atoms with Crippen molar-refractivity contribution in [2.75, 3.05) is 27.4 Å². The van der Waals surface area contributed by atoms with Crippen molar-refractivity contribution in [2.45, 2.75) is 11.8 Å². The van der Waals surface area contributed by atoms with Gasteiger partial charge >= 0.3 is 0 Å². The molecule has 7 heteroatoms. The molecule has 0 aliphatic rings. The lowest BCUT2D eigenvalue weighted by atomic mass is 10.2. The van der Waals surface area contributed by atoms with E-state index in [1.165, 1.54) is 26.4 Å². The Morgan fingerprint density at radius 2 is 1.75 bits per heavy atom. The summed E-state index contributed by atoms with van der Waals surface area (Å²) in [7, 11) is -0.787. The van der Waals surface area contributed by atoms with Crippen LogP contribution < -0.4 is 18.9 Å². The first-order valence-electron chi connectivity index (χ1n) is 7.38. The summed E-state index contributed by atoms with van der Waals surface area (Å²) in [4.78, 5) is 0.0571. The minimum atomic E-state index is -3.70. The maximum atomic E-state index is 12.4. The van der Waals surface area contributed by atoms with Crippen LogP contribution >= 0.6 is 0 Å². The fourth-order valence-electron chi connectivity index (χ4n) is 2.13. The SMILES string of the molecule is COc1ccc(S(=O)(=O)NCCOc2ccccc2C)c(OC)c1. The van der Waals surface area contributed by atoms with E-state index < -0.39 is 10.0 Å². The molecule has 0 unspecified atom stereocenters. The van der Waals surface area contributed by atoms with Crippen LogP contribution in [0.25, 0.3) is 0 Å². The normalized spacial score (nSPS) is 11.1. The first-order chi connectivity index (χ1) is 11.5. The number of benzene rings is 2. The summed E-state index contributed by atoms with van der Waals surface area (Å²) in [5.74, 6) is 1.48. The molecule has 2 aromatic rings. The van der Waals surface area contributed by atoms with Crippen molar-refractivity contribution < 1.29 is 22.6 Å². The van der Waals surface area contributed by atoms with Crippen molar-refractivity contribution in [3.8, 4) is 17.2 Å². The summed E-state index contributed by atoms with van der Waals surface area (Å²) < 4.78 is 43.1.